The second kappa shape index (κ2) is 10.7. The van der Waals surface area contributed by atoms with Crippen molar-refractivity contribution in [3.05, 3.63) is 54.4 Å². The number of carbonyl (C=O) groups is 1. The first kappa shape index (κ1) is 21.7. The molecule has 0 bridgehead atoms. The van der Waals surface area contributed by atoms with Crippen molar-refractivity contribution in [1.82, 2.24) is 19.8 Å². The normalized spacial score (nSPS) is 19.2. The minimum atomic E-state index is 0.0517. The number of amides is 1. The van der Waals surface area contributed by atoms with E-state index < -0.39 is 0 Å². The van der Waals surface area contributed by atoms with E-state index >= 15 is 0 Å². The van der Waals surface area contributed by atoms with Gasteiger partial charge in [-0.3, -0.25) is 9.69 Å². The second-order valence-corrected chi connectivity index (χ2v) is 8.52. The fraction of sp³-hybridized carbons (Fsp3) is 0.542. The highest BCUT2D eigenvalue weighted by Gasteiger charge is 2.32. The molecule has 2 fully saturated rings. The van der Waals surface area contributed by atoms with Crippen molar-refractivity contribution in [3.63, 3.8) is 0 Å². The molecule has 7 heteroatoms. The SMILES string of the molecule is CC(CN1CCOCC1)N(Cc1ccccc1)C(=O)C1CCN(c2ncccn2)CC1. The molecule has 4 rings (SSSR count). The Labute approximate surface area is 185 Å². The molecule has 2 aliphatic heterocycles. The van der Waals surface area contributed by atoms with Crippen LogP contribution in [0.2, 0.25) is 0 Å². The maximum absolute atomic E-state index is 13.7. The quantitative estimate of drug-likeness (QED) is 0.682. The van der Waals surface area contributed by atoms with Gasteiger partial charge in [0.25, 0.3) is 0 Å². The highest BCUT2D eigenvalue weighted by Crippen LogP contribution is 2.24. The number of ether oxygens (including phenoxy) is 1. The van der Waals surface area contributed by atoms with Crippen LogP contribution in [0.5, 0.6) is 0 Å². The topological polar surface area (TPSA) is 61.8 Å². The summed E-state index contributed by atoms with van der Waals surface area (Å²) < 4.78 is 5.49. The first-order valence-corrected chi connectivity index (χ1v) is 11.4. The number of rotatable bonds is 7. The van der Waals surface area contributed by atoms with Gasteiger partial charge in [-0.15, -0.1) is 0 Å². The predicted molar refractivity (Wildman–Crippen MR) is 121 cm³/mol. The first-order valence-electron chi connectivity index (χ1n) is 11.4. The Hall–Kier alpha value is -2.51. The minimum Gasteiger partial charge on any atom is -0.379 e. The van der Waals surface area contributed by atoms with E-state index in [0.29, 0.717) is 6.54 Å². The van der Waals surface area contributed by atoms with E-state index in [1.165, 1.54) is 5.56 Å². The summed E-state index contributed by atoms with van der Waals surface area (Å²) >= 11 is 0. The summed E-state index contributed by atoms with van der Waals surface area (Å²) in [6.45, 7) is 8.79. The van der Waals surface area contributed by atoms with E-state index in [4.69, 9.17) is 4.74 Å². The Morgan fingerprint density at radius 1 is 1.06 bits per heavy atom. The molecular weight excluding hydrogens is 390 g/mol. The van der Waals surface area contributed by atoms with Crippen LogP contribution in [0, 0.1) is 5.92 Å². The Morgan fingerprint density at radius 2 is 1.74 bits per heavy atom. The summed E-state index contributed by atoms with van der Waals surface area (Å²) in [5.41, 5.74) is 1.18. The molecule has 166 valence electrons. The lowest BCUT2D eigenvalue weighted by Crippen LogP contribution is -2.50. The first-order chi connectivity index (χ1) is 15.2. The van der Waals surface area contributed by atoms with Gasteiger partial charge in [0, 0.05) is 63.6 Å². The van der Waals surface area contributed by atoms with Gasteiger partial charge in [-0.1, -0.05) is 30.3 Å². The summed E-state index contributed by atoms with van der Waals surface area (Å²) in [5.74, 6) is 1.09. The summed E-state index contributed by atoms with van der Waals surface area (Å²) in [4.78, 5) is 29.1. The van der Waals surface area contributed by atoms with Crippen molar-refractivity contribution >= 4 is 11.9 Å². The Kier molecular flexibility index (Phi) is 7.48. The third kappa shape index (κ3) is 5.80. The zero-order valence-electron chi connectivity index (χ0n) is 18.4. The summed E-state index contributed by atoms with van der Waals surface area (Å²) in [7, 11) is 0. The predicted octanol–water partition coefficient (Wildman–Crippen LogP) is 2.44. The molecule has 0 aliphatic carbocycles. The van der Waals surface area contributed by atoms with E-state index in [9.17, 15) is 4.79 Å². The molecule has 1 amide bonds. The van der Waals surface area contributed by atoms with Crippen LogP contribution in [0.3, 0.4) is 0 Å². The van der Waals surface area contributed by atoms with E-state index in [0.717, 1.165) is 64.7 Å². The van der Waals surface area contributed by atoms with Gasteiger partial charge in [-0.25, -0.2) is 9.97 Å². The average molecular weight is 424 g/mol. The fourth-order valence-corrected chi connectivity index (χ4v) is 4.50. The van der Waals surface area contributed by atoms with E-state index in [1.807, 2.05) is 24.3 Å². The van der Waals surface area contributed by atoms with Gasteiger partial charge in [-0.05, 0) is 31.4 Å². The number of morpholine rings is 1. The maximum atomic E-state index is 13.7. The summed E-state index contributed by atoms with van der Waals surface area (Å²) in [6, 6.07) is 12.3. The Morgan fingerprint density at radius 3 is 2.42 bits per heavy atom. The average Bonchev–Trinajstić information content (AvgIpc) is 2.84. The summed E-state index contributed by atoms with van der Waals surface area (Å²) in [5, 5.41) is 0. The molecule has 0 spiro atoms. The molecule has 1 unspecified atom stereocenters. The van der Waals surface area contributed by atoms with Crippen molar-refractivity contribution in [2.45, 2.75) is 32.4 Å². The fourth-order valence-electron chi connectivity index (χ4n) is 4.50. The number of hydrogen-bond donors (Lipinski definition) is 0. The number of benzene rings is 1. The number of hydrogen-bond acceptors (Lipinski definition) is 6. The number of carbonyl (C=O) groups excluding carboxylic acids is 1. The van der Waals surface area contributed by atoms with Crippen LogP contribution in [0.25, 0.3) is 0 Å². The monoisotopic (exact) mass is 423 g/mol. The molecule has 0 saturated carbocycles. The molecule has 1 aromatic carbocycles. The maximum Gasteiger partial charge on any atom is 0.226 e. The smallest absolute Gasteiger partial charge is 0.226 e. The van der Waals surface area contributed by atoms with Crippen LogP contribution in [-0.2, 0) is 16.1 Å². The molecule has 2 aliphatic rings. The van der Waals surface area contributed by atoms with E-state index in [2.05, 4.69) is 43.7 Å². The number of aromatic nitrogens is 2. The number of anilines is 1. The minimum absolute atomic E-state index is 0.0517. The standard InChI is InChI=1S/C24H33N5O2/c1-20(18-27-14-16-31-17-15-27)29(19-21-6-3-2-4-7-21)23(30)22-8-12-28(13-9-22)24-25-10-5-11-26-24/h2-7,10-11,20,22H,8-9,12-19H2,1H3. The van der Waals surface area contributed by atoms with Crippen molar-refractivity contribution in [1.29, 1.82) is 0 Å². The van der Waals surface area contributed by atoms with Gasteiger partial charge in [-0.2, -0.15) is 0 Å². The van der Waals surface area contributed by atoms with Crippen LogP contribution >= 0.6 is 0 Å². The highest BCUT2D eigenvalue weighted by atomic mass is 16.5. The van der Waals surface area contributed by atoms with Crippen LogP contribution in [-0.4, -0.2) is 77.7 Å². The van der Waals surface area contributed by atoms with Gasteiger partial charge in [0.1, 0.15) is 0 Å². The molecule has 1 atom stereocenters. The molecule has 2 saturated heterocycles. The molecule has 0 radical (unpaired) electrons. The van der Waals surface area contributed by atoms with Crippen LogP contribution in [0.4, 0.5) is 5.95 Å². The zero-order chi connectivity index (χ0) is 21.5. The number of piperidine rings is 1. The molecule has 3 heterocycles. The van der Waals surface area contributed by atoms with Gasteiger partial charge >= 0.3 is 0 Å². The third-order valence-electron chi connectivity index (χ3n) is 6.32. The van der Waals surface area contributed by atoms with Gasteiger partial charge in [0.2, 0.25) is 11.9 Å². The van der Waals surface area contributed by atoms with Gasteiger partial charge in [0.15, 0.2) is 0 Å². The van der Waals surface area contributed by atoms with Crippen LogP contribution < -0.4 is 4.90 Å². The summed E-state index contributed by atoms with van der Waals surface area (Å²) in [6.07, 6.45) is 5.22. The third-order valence-corrected chi connectivity index (χ3v) is 6.32. The van der Waals surface area contributed by atoms with Crippen molar-refractivity contribution in [2.75, 3.05) is 50.8 Å². The second-order valence-electron chi connectivity index (χ2n) is 8.52. The lowest BCUT2D eigenvalue weighted by molar-refractivity contribution is -0.139. The Balaban J connectivity index is 1.42. The molecule has 7 nitrogen and oxygen atoms in total. The lowest BCUT2D eigenvalue weighted by atomic mass is 9.94. The van der Waals surface area contributed by atoms with E-state index in [1.54, 1.807) is 12.4 Å². The zero-order valence-corrected chi connectivity index (χ0v) is 18.4. The Bertz CT molecular complexity index is 805. The molecule has 1 aromatic heterocycles. The van der Waals surface area contributed by atoms with Crippen molar-refractivity contribution in [3.8, 4) is 0 Å². The molecule has 0 N–H and O–H groups in total. The molecular formula is C24H33N5O2. The van der Waals surface area contributed by atoms with Crippen molar-refractivity contribution < 1.29 is 9.53 Å². The van der Waals surface area contributed by atoms with Gasteiger partial charge < -0.3 is 14.5 Å². The lowest BCUT2D eigenvalue weighted by Gasteiger charge is -2.39. The molecule has 31 heavy (non-hydrogen) atoms. The largest absolute Gasteiger partial charge is 0.379 e. The highest BCUT2D eigenvalue weighted by molar-refractivity contribution is 5.79. The van der Waals surface area contributed by atoms with Crippen LogP contribution in [0.15, 0.2) is 48.8 Å². The number of nitrogens with zero attached hydrogens (tertiary/aromatic N) is 5. The van der Waals surface area contributed by atoms with E-state index in [-0.39, 0.29) is 17.9 Å². The molecule has 2 aromatic rings. The van der Waals surface area contributed by atoms with Gasteiger partial charge in [0.05, 0.1) is 13.2 Å². The van der Waals surface area contributed by atoms with Crippen LogP contribution in [0.1, 0.15) is 25.3 Å². The van der Waals surface area contributed by atoms with Crippen molar-refractivity contribution in [2.24, 2.45) is 5.92 Å².